The first-order chi connectivity index (χ1) is 5.66. The van der Waals surface area contributed by atoms with E-state index in [0.29, 0.717) is 0 Å². The maximum absolute atomic E-state index is 8.56. The maximum atomic E-state index is 8.56. The van der Waals surface area contributed by atoms with Gasteiger partial charge in [0.05, 0.1) is 0 Å². The van der Waals surface area contributed by atoms with E-state index in [1.165, 1.54) is 0 Å². The van der Waals surface area contributed by atoms with Gasteiger partial charge in [0.2, 0.25) is 0 Å². The normalized spacial score (nSPS) is 13.6. The van der Waals surface area contributed by atoms with Crippen molar-refractivity contribution in [3.63, 3.8) is 0 Å². The van der Waals surface area contributed by atoms with Crippen molar-refractivity contribution in [3.8, 4) is 0 Å². The van der Waals surface area contributed by atoms with Crippen LogP contribution in [0, 0.1) is 0 Å². The molecule has 68 valence electrons. The Morgan fingerprint density at radius 3 is 2.33 bits per heavy atom. The number of hydrogen-bond donors (Lipinski definition) is 2. The second-order valence-corrected chi connectivity index (χ2v) is 2.14. The van der Waals surface area contributed by atoms with E-state index in [4.69, 9.17) is 15.0 Å². The largest absolute Gasteiger partial charge is 0.503 e. The van der Waals surface area contributed by atoms with E-state index >= 15 is 0 Å². The maximum Gasteiger partial charge on any atom is 0.503 e. The van der Waals surface area contributed by atoms with Crippen LogP contribution < -0.4 is 0 Å². The molecule has 0 saturated carbocycles. The number of rotatable bonds is 1. The molecule has 4 heteroatoms. The minimum atomic E-state index is -1.83. The van der Waals surface area contributed by atoms with Crippen LogP contribution in [0.3, 0.4) is 0 Å². The van der Waals surface area contributed by atoms with E-state index in [1.54, 1.807) is 0 Å². The van der Waals surface area contributed by atoms with Crippen molar-refractivity contribution in [2.75, 3.05) is 13.1 Å². The van der Waals surface area contributed by atoms with Crippen molar-refractivity contribution < 1.29 is 15.0 Å². The fraction of sp³-hybridized carbons (Fsp3) is 0.375. The minimum absolute atomic E-state index is 1.08. The Morgan fingerprint density at radius 2 is 2.08 bits per heavy atom. The fourth-order valence-electron chi connectivity index (χ4n) is 0.742. The Bertz CT molecular complexity index is 183. The Morgan fingerprint density at radius 1 is 1.50 bits per heavy atom. The third kappa shape index (κ3) is 6.67. The van der Waals surface area contributed by atoms with Crippen LogP contribution >= 0.6 is 0 Å². The Labute approximate surface area is 71.4 Å². The molecule has 0 bridgehead atoms. The molecule has 2 N–H and O–H groups in total. The van der Waals surface area contributed by atoms with Crippen molar-refractivity contribution in [3.05, 3.63) is 24.4 Å². The molecule has 0 saturated heterocycles. The van der Waals surface area contributed by atoms with Crippen LogP contribution in [-0.2, 0) is 0 Å². The van der Waals surface area contributed by atoms with Crippen LogP contribution in [0.1, 0.15) is 6.92 Å². The van der Waals surface area contributed by atoms with E-state index in [0.717, 1.165) is 13.1 Å². The minimum Gasteiger partial charge on any atom is -0.450 e. The van der Waals surface area contributed by atoms with Crippen molar-refractivity contribution in [2.45, 2.75) is 6.92 Å². The highest BCUT2D eigenvalue weighted by molar-refractivity contribution is 5.53. The fourth-order valence-corrected chi connectivity index (χ4v) is 0.742. The lowest BCUT2D eigenvalue weighted by Gasteiger charge is -2.16. The van der Waals surface area contributed by atoms with Crippen LogP contribution in [0.2, 0.25) is 0 Å². The molecule has 0 fully saturated rings. The highest BCUT2D eigenvalue weighted by atomic mass is 16.6. The summed E-state index contributed by atoms with van der Waals surface area (Å²) in [5.41, 5.74) is 0. The second-order valence-electron chi connectivity index (χ2n) is 2.14. The predicted octanol–water partition coefficient (Wildman–Crippen LogP) is 1.61. The lowest BCUT2D eigenvalue weighted by atomic mass is 10.3. The van der Waals surface area contributed by atoms with Gasteiger partial charge in [-0.25, -0.2) is 4.79 Å². The molecule has 0 amide bonds. The summed E-state index contributed by atoms with van der Waals surface area (Å²) in [5.74, 6) is 0. The van der Waals surface area contributed by atoms with Gasteiger partial charge < -0.3 is 15.1 Å². The Balaban J connectivity index is 0.000000261. The quantitative estimate of drug-likeness (QED) is 0.629. The van der Waals surface area contributed by atoms with Crippen LogP contribution in [0.25, 0.3) is 0 Å². The Hall–Kier alpha value is -1.45. The van der Waals surface area contributed by atoms with Crippen LogP contribution in [0.15, 0.2) is 24.4 Å². The number of carbonyl (C=O) groups is 1. The first kappa shape index (κ1) is 10.6. The second kappa shape index (κ2) is 6.27. The van der Waals surface area contributed by atoms with Gasteiger partial charge in [-0.1, -0.05) is 12.2 Å². The average Bonchev–Trinajstić information content (AvgIpc) is 2.05. The van der Waals surface area contributed by atoms with Gasteiger partial charge in [-0.3, -0.25) is 0 Å². The highest BCUT2D eigenvalue weighted by Crippen LogP contribution is 1.95. The number of nitrogens with zero attached hydrogens (tertiary/aromatic N) is 1. The van der Waals surface area contributed by atoms with Crippen molar-refractivity contribution in [1.82, 2.24) is 4.90 Å². The summed E-state index contributed by atoms with van der Waals surface area (Å²) in [5, 5.41) is 13.9. The highest BCUT2D eigenvalue weighted by Gasteiger charge is 1.91. The third-order valence-electron chi connectivity index (χ3n) is 1.29. The van der Waals surface area contributed by atoms with Gasteiger partial charge >= 0.3 is 6.16 Å². The molecule has 0 atom stereocenters. The molecule has 0 radical (unpaired) electrons. The molecule has 1 rings (SSSR count). The molecule has 4 nitrogen and oxygen atoms in total. The van der Waals surface area contributed by atoms with Gasteiger partial charge in [-0.2, -0.15) is 0 Å². The summed E-state index contributed by atoms with van der Waals surface area (Å²) in [6, 6.07) is 0. The lowest BCUT2D eigenvalue weighted by molar-refractivity contribution is 0.137. The SMILES string of the molecule is CCN1C=CC=CC1.O=C(O)O. The summed E-state index contributed by atoms with van der Waals surface area (Å²) in [7, 11) is 0. The Kier molecular flexibility index (Phi) is 5.51. The topological polar surface area (TPSA) is 60.8 Å². The molecule has 0 aliphatic carbocycles. The molecule has 0 aromatic rings. The summed E-state index contributed by atoms with van der Waals surface area (Å²) in [6.07, 6.45) is 6.57. The first-order valence-electron chi connectivity index (χ1n) is 3.66. The zero-order valence-corrected chi connectivity index (χ0v) is 6.97. The molecule has 1 aliphatic heterocycles. The molecule has 1 heterocycles. The van der Waals surface area contributed by atoms with Crippen molar-refractivity contribution >= 4 is 6.16 Å². The molecular formula is C8H13NO3. The van der Waals surface area contributed by atoms with Crippen LogP contribution in [0.5, 0.6) is 0 Å². The van der Waals surface area contributed by atoms with Crippen LogP contribution in [-0.4, -0.2) is 34.4 Å². The van der Waals surface area contributed by atoms with E-state index < -0.39 is 6.16 Å². The van der Waals surface area contributed by atoms with E-state index in [1.807, 2.05) is 0 Å². The van der Waals surface area contributed by atoms with Gasteiger partial charge in [-0.15, -0.1) is 0 Å². The van der Waals surface area contributed by atoms with Gasteiger partial charge in [0.1, 0.15) is 0 Å². The average molecular weight is 171 g/mol. The lowest BCUT2D eigenvalue weighted by Crippen LogP contribution is -2.17. The van der Waals surface area contributed by atoms with Gasteiger partial charge in [0.15, 0.2) is 0 Å². The predicted molar refractivity (Wildman–Crippen MR) is 46.2 cm³/mol. The third-order valence-corrected chi connectivity index (χ3v) is 1.29. The van der Waals surface area contributed by atoms with Crippen molar-refractivity contribution in [1.29, 1.82) is 0 Å². The van der Waals surface area contributed by atoms with E-state index in [-0.39, 0.29) is 0 Å². The molecular weight excluding hydrogens is 158 g/mol. The smallest absolute Gasteiger partial charge is 0.450 e. The molecule has 0 spiro atoms. The molecule has 0 aromatic heterocycles. The number of allylic oxidation sites excluding steroid dienone is 2. The molecule has 0 aromatic carbocycles. The molecule has 1 aliphatic rings. The number of carboxylic acid groups (broad SMARTS) is 2. The zero-order valence-electron chi connectivity index (χ0n) is 6.97. The number of likely N-dealkylation sites (N-methyl/N-ethyl adjacent to an activating group) is 1. The first-order valence-corrected chi connectivity index (χ1v) is 3.66. The van der Waals surface area contributed by atoms with Crippen LogP contribution in [0.4, 0.5) is 4.79 Å². The van der Waals surface area contributed by atoms with Crippen molar-refractivity contribution in [2.24, 2.45) is 0 Å². The summed E-state index contributed by atoms with van der Waals surface area (Å²) < 4.78 is 0. The summed E-state index contributed by atoms with van der Waals surface area (Å²) >= 11 is 0. The molecule has 12 heavy (non-hydrogen) atoms. The van der Waals surface area contributed by atoms with Gasteiger partial charge in [0, 0.05) is 13.1 Å². The van der Waals surface area contributed by atoms with Gasteiger partial charge in [-0.05, 0) is 19.2 Å². The summed E-state index contributed by atoms with van der Waals surface area (Å²) in [6.45, 7) is 4.34. The van der Waals surface area contributed by atoms with E-state index in [9.17, 15) is 0 Å². The van der Waals surface area contributed by atoms with Gasteiger partial charge in [0.25, 0.3) is 0 Å². The van der Waals surface area contributed by atoms with E-state index in [2.05, 4.69) is 36.3 Å². The number of hydrogen-bond acceptors (Lipinski definition) is 2. The summed E-state index contributed by atoms with van der Waals surface area (Å²) in [4.78, 5) is 10.8. The monoisotopic (exact) mass is 171 g/mol. The zero-order chi connectivity index (χ0) is 9.40. The standard InChI is InChI=1S/C7H11N.CH2O3/c1-2-8-6-4-3-5-7-8;2-1(3)4/h3-6H,2,7H2,1H3;(H2,2,3,4). The molecule has 0 unspecified atom stereocenters.